The van der Waals surface area contributed by atoms with E-state index in [1.807, 2.05) is 6.92 Å². The van der Waals surface area contributed by atoms with Gasteiger partial charge in [0.25, 0.3) is 0 Å². The summed E-state index contributed by atoms with van der Waals surface area (Å²) in [5.41, 5.74) is 0.453. The number of aromatic nitrogens is 2. The van der Waals surface area contributed by atoms with Gasteiger partial charge < -0.3 is 4.74 Å². The Bertz CT molecular complexity index is 363. The predicted molar refractivity (Wildman–Crippen MR) is 61.1 cm³/mol. The van der Waals surface area contributed by atoms with E-state index >= 15 is 0 Å². The normalized spacial score (nSPS) is 10.0. The zero-order valence-electron chi connectivity index (χ0n) is 8.65. The van der Waals surface area contributed by atoms with Crippen molar-refractivity contribution in [3.8, 4) is 0 Å². The van der Waals surface area contributed by atoms with Gasteiger partial charge in [-0.25, -0.2) is 9.78 Å². The molecule has 1 aromatic rings. The predicted octanol–water partition coefficient (Wildman–Crippen LogP) is 2.06. The van der Waals surface area contributed by atoms with Crippen LogP contribution in [0.25, 0.3) is 0 Å². The van der Waals surface area contributed by atoms with Crippen LogP contribution in [0.4, 0.5) is 0 Å². The van der Waals surface area contributed by atoms with Gasteiger partial charge in [-0.2, -0.15) is 4.37 Å². The summed E-state index contributed by atoms with van der Waals surface area (Å²) < 4.78 is 9.70. The maximum atomic E-state index is 11.2. The largest absolute Gasteiger partial charge is 0.463 e. The lowest BCUT2D eigenvalue weighted by Gasteiger charge is -2.02. The molecule has 0 amide bonds. The second-order valence-electron chi connectivity index (χ2n) is 2.72. The number of thioether (sulfide) groups is 1. The number of rotatable bonds is 5. The Morgan fingerprint density at radius 2 is 2.40 bits per heavy atom. The molecule has 0 aliphatic carbocycles. The van der Waals surface area contributed by atoms with Crippen LogP contribution in [-0.2, 0) is 9.53 Å². The molecule has 1 rings (SSSR count). The summed E-state index contributed by atoms with van der Waals surface area (Å²) in [4.78, 5) is 15.4. The molecule has 82 valence electrons. The Labute approximate surface area is 96.9 Å². The lowest BCUT2D eigenvalue weighted by molar-refractivity contribution is -0.138. The van der Waals surface area contributed by atoms with Crippen molar-refractivity contribution in [2.45, 2.75) is 18.2 Å². The van der Waals surface area contributed by atoms with Crippen LogP contribution in [0.1, 0.15) is 12.7 Å². The molecule has 0 aromatic carbocycles. The molecule has 1 aromatic heterocycles. The first-order valence-corrected chi connectivity index (χ1v) is 6.17. The molecule has 0 fully saturated rings. The van der Waals surface area contributed by atoms with E-state index in [4.69, 9.17) is 4.74 Å². The second kappa shape index (κ2) is 5.87. The lowest BCUT2D eigenvalue weighted by Crippen LogP contribution is -2.08. The van der Waals surface area contributed by atoms with Gasteiger partial charge >= 0.3 is 5.97 Å². The minimum absolute atomic E-state index is 0.341. The molecule has 0 saturated heterocycles. The fraction of sp³-hybridized carbons (Fsp3) is 0.444. The minimum Gasteiger partial charge on any atom is -0.463 e. The van der Waals surface area contributed by atoms with E-state index in [2.05, 4.69) is 15.9 Å². The van der Waals surface area contributed by atoms with Crippen molar-refractivity contribution in [3.63, 3.8) is 0 Å². The van der Waals surface area contributed by atoms with Crippen molar-refractivity contribution < 1.29 is 9.53 Å². The topological polar surface area (TPSA) is 52.1 Å². The molecular weight excluding hydrogens is 232 g/mol. The highest BCUT2D eigenvalue weighted by Crippen LogP contribution is 2.21. The molecule has 1 heterocycles. The third-order valence-electron chi connectivity index (χ3n) is 1.44. The van der Waals surface area contributed by atoms with Crippen molar-refractivity contribution in [3.05, 3.63) is 18.0 Å². The van der Waals surface area contributed by atoms with Crippen molar-refractivity contribution in [1.82, 2.24) is 9.36 Å². The molecule has 15 heavy (non-hydrogen) atoms. The first kappa shape index (κ1) is 12.2. The van der Waals surface area contributed by atoms with Gasteiger partial charge in [-0.15, -0.1) is 0 Å². The average molecular weight is 244 g/mol. The Hall–Kier alpha value is -0.880. The molecule has 4 nitrogen and oxygen atoms in total. The summed E-state index contributed by atoms with van der Waals surface area (Å²) in [6, 6.07) is 0. The number of hydrogen-bond donors (Lipinski definition) is 0. The quantitative estimate of drug-likeness (QED) is 0.451. The van der Waals surface area contributed by atoms with Gasteiger partial charge in [0.15, 0.2) is 4.34 Å². The molecule has 0 N–H and O–H groups in total. The van der Waals surface area contributed by atoms with Crippen LogP contribution in [-0.4, -0.2) is 27.7 Å². The van der Waals surface area contributed by atoms with E-state index < -0.39 is 0 Å². The molecule has 0 unspecified atom stereocenters. The van der Waals surface area contributed by atoms with E-state index in [0.29, 0.717) is 17.9 Å². The average Bonchev–Trinajstić information content (AvgIpc) is 2.61. The van der Waals surface area contributed by atoms with Crippen LogP contribution < -0.4 is 0 Å². The number of ether oxygens (including phenoxy) is 1. The smallest absolute Gasteiger partial charge is 0.334 e. The number of nitrogens with zero attached hydrogens (tertiary/aromatic N) is 2. The van der Waals surface area contributed by atoms with Crippen molar-refractivity contribution >= 4 is 29.3 Å². The first-order valence-electron chi connectivity index (χ1n) is 4.41. The Morgan fingerprint density at radius 1 is 1.67 bits per heavy atom. The van der Waals surface area contributed by atoms with Crippen LogP contribution in [0.2, 0.25) is 0 Å². The van der Waals surface area contributed by atoms with Crippen molar-refractivity contribution in [2.75, 3.05) is 12.4 Å². The van der Waals surface area contributed by atoms with Crippen LogP contribution in [0.3, 0.4) is 0 Å². The standard InChI is InChI=1S/C9H12N2O2S2/c1-4-13-8(12)6(2)5-14-9-10-7(3)11-15-9/h2,4-5H2,1,3H3. The molecule has 0 aliphatic heterocycles. The van der Waals surface area contributed by atoms with E-state index in [9.17, 15) is 4.79 Å². The van der Waals surface area contributed by atoms with Gasteiger partial charge in [0.1, 0.15) is 5.82 Å². The van der Waals surface area contributed by atoms with Gasteiger partial charge in [0.2, 0.25) is 0 Å². The lowest BCUT2D eigenvalue weighted by atomic mass is 10.4. The maximum Gasteiger partial charge on any atom is 0.334 e. The summed E-state index contributed by atoms with van der Waals surface area (Å²) in [5.74, 6) is 0.906. The molecule has 0 spiro atoms. The molecule has 0 atom stereocenters. The minimum atomic E-state index is -0.341. The Kier molecular flexibility index (Phi) is 4.77. The number of carbonyl (C=O) groups excluding carboxylic acids is 1. The Balaban J connectivity index is 2.37. The third-order valence-corrected chi connectivity index (χ3v) is 3.45. The molecular formula is C9H12N2O2S2. The molecule has 0 radical (unpaired) electrons. The molecule has 0 saturated carbocycles. The zero-order chi connectivity index (χ0) is 11.3. The van der Waals surface area contributed by atoms with Gasteiger partial charge in [0.05, 0.1) is 6.61 Å². The summed E-state index contributed by atoms with van der Waals surface area (Å²) >= 11 is 2.77. The van der Waals surface area contributed by atoms with Gasteiger partial charge in [-0.1, -0.05) is 18.3 Å². The van der Waals surface area contributed by atoms with E-state index in [-0.39, 0.29) is 5.97 Å². The van der Waals surface area contributed by atoms with Gasteiger partial charge in [-0.05, 0) is 25.4 Å². The number of carbonyl (C=O) groups is 1. The van der Waals surface area contributed by atoms with Crippen LogP contribution in [0.15, 0.2) is 16.5 Å². The van der Waals surface area contributed by atoms with Crippen molar-refractivity contribution in [1.29, 1.82) is 0 Å². The highest BCUT2D eigenvalue weighted by Gasteiger charge is 2.09. The van der Waals surface area contributed by atoms with Gasteiger partial charge in [-0.3, -0.25) is 0 Å². The SMILES string of the molecule is C=C(CSc1nc(C)ns1)C(=O)OCC. The highest BCUT2D eigenvalue weighted by atomic mass is 32.2. The van der Waals surface area contributed by atoms with E-state index in [0.717, 1.165) is 10.2 Å². The third kappa shape index (κ3) is 4.01. The Morgan fingerprint density at radius 3 is 2.93 bits per heavy atom. The highest BCUT2D eigenvalue weighted by molar-refractivity contribution is 8.01. The first-order chi connectivity index (χ1) is 7.13. The van der Waals surface area contributed by atoms with Gasteiger partial charge in [0, 0.05) is 11.3 Å². The summed E-state index contributed by atoms with van der Waals surface area (Å²) in [5, 5.41) is 0. The summed E-state index contributed by atoms with van der Waals surface area (Å²) in [6.45, 7) is 7.64. The van der Waals surface area contributed by atoms with E-state index in [1.54, 1.807) is 6.92 Å². The maximum absolute atomic E-state index is 11.2. The second-order valence-corrected chi connectivity index (χ2v) is 4.69. The molecule has 6 heteroatoms. The zero-order valence-corrected chi connectivity index (χ0v) is 10.3. The van der Waals surface area contributed by atoms with Crippen LogP contribution in [0, 0.1) is 6.92 Å². The van der Waals surface area contributed by atoms with Crippen LogP contribution >= 0.6 is 23.3 Å². The summed E-state index contributed by atoms with van der Waals surface area (Å²) in [7, 11) is 0. The van der Waals surface area contributed by atoms with Crippen molar-refractivity contribution in [2.24, 2.45) is 0 Å². The molecule has 0 aliphatic rings. The number of aryl methyl sites for hydroxylation is 1. The number of hydrogen-bond acceptors (Lipinski definition) is 6. The fourth-order valence-electron chi connectivity index (χ4n) is 0.778. The molecule has 0 bridgehead atoms. The monoisotopic (exact) mass is 244 g/mol. The van der Waals surface area contributed by atoms with E-state index in [1.165, 1.54) is 23.3 Å². The number of esters is 1. The summed E-state index contributed by atoms with van der Waals surface area (Å²) in [6.07, 6.45) is 0. The fourth-order valence-corrected chi connectivity index (χ4v) is 2.31. The van der Waals surface area contributed by atoms with Crippen LogP contribution in [0.5, 0.6) is 0 Å².